The predicted molar refractivity (Wildman–Crippen MR) is 115 cm³/mol. The van der Waals surface area contributed by atoms with Crippen molar-refractivity contribution in [2.75, 3.05) is 0 Å². The van der Waals surface area contributed by atoms with Crippen LogP contribution in [-0.4, -0.2) is 11.9 Å². The van der Waals surface area contributed by atoms with Gasteiger partial charge in [0, 0.05) is 17.0 Å². The van der Waals surface area contributed by atoms with Gasteiger partial charge in [-0.15, -0.1) is 11.3 Å². The lowest BCUT2D eigenvalue weighted by Crippen LogP contribution is -2.29. The van der Waals surface area contributed by atoms with Crippen molar-refractivity contribution < 1.29 is 9.59 Å². The lowest BCUT2D eigenvalue weighted by atomic mass is 9.99. The Bertz CT molecular complexity index is 1010. The third-order valence-corrected chi connectivity index (χ3v) is 6.18. The molecule has 0 saturated carbocycles. The van der Waals surface area contributed by atoms with Gasteiger partial charge >= 0.3 is 6.03 Å². The second kappa shape index (κ2) is 8.49. The van der Waals surface area contributed by atoms with E-state index in [2.05, 4.69) is 34.9 Å². The molecule has 4 N–H and O–H groups in total. The molecule has 1 aliphatic carbocycles. The maximum absolute atomic E-state index is 12.9. The van der Waals surface area contributed by atoms with Crippen molar-refractivity contribution in [1.29, 1.82) is 0 Å². The van der Waals surface area contributed by atoms with Gasteiger partial charge in [-0.25, -0.2) is 4.79 Å². The Balaban J connectivity index is 1.53. The predicted octanol–water partition coefficient (Wildman–Crippen LogP) is 3.92. The summed E-state index contributed by atoms with van der Waals surface area (Å²) >= 11 is 1.64. The number of thiophene rings is 1. The normalized spacial score (nSPS) is 13.5. The fourth-order valence-corrected chi connectivity index (χ4v) is 4.53. The van der Waals surface area contributed by atoms with Gasteiger partial charge in [0.1, 0.15) is 0 Å². The Labute approximate surface area is 173 Å². The van der Waals surface area contributed by atoms with Crippen LogP contribution in [0.5, 0.6) is 0 Å². The van der Waals surface area contributed by atoms with E-state index in [0.29, 0.717) is 12.1 Å². The molecule has 3 aromatic rings. The molecule has 1 aliphatic rings. The van der Waals surface area contributed by atoms with Gasteiger partial charge in [0.05, 0.1) is 6.04 Å². The van der Waals surface area contributed by atoms with Gasteiger partial charge in [-0.05, 0) is 65.1 Å². The van der Waals surface area contributed by atoms with Crippen LogP contribution in [0.3, 0.4) is 0 Å². The van der Waals surface area contributed by atoms with Gasteiger partial charge in [-0.3, -0.25) is 4.79 Å². The number of amides is 3. The lowest BCUT2D eigenvalue weighted by Gasteiger charge is -2.19. The smallest absolute Gasteiger partial charge is 0.312 e. The summed E-state index contributed by atoms with van der Waals surface area (Å²) in [5.41, 5.74) is 10.5. The number of rotatable bonds is 6. The Morgan fingerprint density at radius 3 is 2.55 bits per heavy atom. The maximum atomic E-state index is 12.9. The first-order valence-electron chi connectivity index (χ1n) is 9.68. The van der Waals surface area contributed by atoms with Crippen LogP contribution in [0, 0.1) is 0 Å². The molecule has 6 heteroatoms. The fraction of sp³-hybridized carbons (Fsp3) is 0.217. The molecule has 0 bridgehead atoms. The molecule has 1 aromatic heterocycles. The minimum Gasteiger partial charge on any atom is -0.352 e. The number of carbonyl (C=O) groups excluding carboxylic acids is 2. The molecule has 1 atom stereocenters. The molecule has 0 aliphatic heterocycles. The largest absolute Gasteiger partial charge is 0.352 e. The van der Waals surface area contributed by atoms with Crippen molar-refractivity contribution in [2.24, 2.45) is 5.73 Å². The molecule has 5 nitrogen and oxygen atoms in total. The fourth-order valence-electron chi connectivity index (χ4n) is 3.72. The highest BCUT2D eigenvalue weighted by molar-refractivity contribution is 7.10. The van der Waals surface area contributed by atoms with Crippen molar-refractivity contribution >= 4 is 23.3 Å². The van der Waals surface area contributed by atoms with Crippen molar-refractivity contribution in [3.63, 3.8) is 0 Å². The Morgan fingerprint density at radius 1 is 1.03 bits per heavy atom. The van der Waals surface area contributed by atoms with Gasteiger partial charge in [-0.1, -0.05) is 36.4 Å². The zero-order valence-electron chi connectivity index (χ0n) is 16.0. The molecule has 0 saturated heterocycles. The minimum atomic E-state index is -0.569. The number of aryl methyl sites for hydroxylation is 2. The Morgan fingerprint density at radius 2 is 1.83 bits per heavy atom. The third-order valence-electron chi connectivity index (χ3n) is 5.24. The summed E-state index contributed by atoms with van der Waals surface area (Å²) < 4.78 is 0. The number of hydrogen-bond acceptors (Lipinski definition) is 3. The number of nitrogens with one attached hydrogen (secondary N) is 2. The summed E-state index contributed by atoms with van der Waals surface area (Å²) in [5, 5.41) is 7.77. The van der Waals surface area contributed by atoms with Crippen LogP contribution in [0.1, 0.15) is 50.0 Å². The van der Waals surface area contributed by atoms with E-state index in [-0.39, 0.29) is 11.9 Å². The highest BCUT2D eigenvalue weighted by Gasteiger charge is 2.21. The number of benzene rings is 2. The number of carbonyl (C=O) groups is 2. The quantitative estimate of drug-likeness (QED) is 0.581. The number of urea groups is 1. The van der Waals surface area contributed by atoms with Gasteiger partial charge in [-0.2, -0.15) is 0 Å². The summed E-state index contributed by atoms with van der Waals surface area (Å²) in [6.07, 6.45) is 3.45. The van der Waals surface area contributed by atoms with E-state index in [4.69, 9.17) is 5.73 Å². The number of primary amides is 1. The maximum Gasteiger partial charge on any atom is 0.312 e. The molecule has 0 radical (unpaired) electrons. The molecule has 0 fully saturated rings. The SMILES string of the molecule is NC(=O)NCc1ccc(C(=O)N[C@@H](c2ccc3c(c2)CCC3)c2cccs2)cc1. The highest BCUT2D eigenvalue weighted by atomic mass is 32.1. The van der Waals surface area contributed by atoms with Gasteiger partial charge in [0.2, 0.25) is 0 Å². The molecule has 0 unspecified atom stereocenters. The molecule has 29 heavy (non-hydrogen) atoms. The molecule has 4 rings (SSSR count). The van der Waals surface area contributed by atoms with Crippen LogP contribution >= 0.6 is 11.3 Å². The van der Waals surface area contributed by atoms with E-state index in [1.165, 1.54) is 17.5 Å². The molecule has 3 amide bonds. The number of hydrogen-bond donors (Lipinski definition) is 3. The monoisotopic (exact) mass is 405 g/mol. The minimum absolute atomic E-state index is 0.127. The van der Waals surface area contributed by atoms with Gasteiger partial charge < -0.3 is 16.4 Å². The van der Waals surface area contributed by atoms with Crippen molar-refractivity contribution in [1.82, 2.24) is 10.6 Å². The summed E-state index contributed by atoms with van der Waals surface area (Å²) in [4.78, 5) is 24.9. The van der Waals surface area contributed by atoms with E-state index >= 15 is 0 Å². The van der Waals surface area contributed by atoms with Crippen LogP contribution in [0.15, 0.2) is 60.0 Å². The first-order chi connectivity index (χ1) is 14.1. The topological polar surface area (TPSA) is 84.2 Å². The molecule has 148 valence electrons. The average Bonchev–Trinajstić information content (AvgIpc) is 3.42. The van der Waals surface area contributed by atoms with Crippen molar-refractivity contribution in [3.8, 4) is 0 Å². The number of nitrogens with two attached hydrogens (primary N) is 1. The third kappa shape index (κ3) is 4.49. The molecule has 1 heterocycles. The summed E-state index contributed by atoms with van der Waals surface area (Å²) in [6, 6.07) is 17.1. The van der Waals surface area contributed by atoms with Gasteiger partial charge in [0.25, 0.3) is 5.91 Å². The van der Waals surface area contributed by atoms with Crippen LogP contribution < -0.4 is 16.4 Å². The Kier molecular flexibility index (Phi) is 5.62. The lowest BCUT2D eigenvalue weighted by molar-refractivity contribution is 0.0943. The van der Waals surface area contributed by atoms with Crippen LogP contribution in [0.25, 0.3) is 0 Å². The van der Waals surface area contributed by atoms with E-state index in [9.17, 15) is 9.59 Å². The van der Waals surface area contributed by atoms with Gasteiger partial charge in [0.15, 0.2) is 0 Å². The van der Waals surface area contributed by atoms with E-state index < -0.39 is 6.03 Å². The van der Waals surface area contributed by atoms with Crippen LogP contribution in [0.2, 0.25) is 0 Å². The molecule has 0 spiro atoms. The molecular weight excluding hydrogens is 382 g/mol. The standard InChI is InChI=1S/C23H23N3O2S/c24-23(28)25-14-15-6-8-17(9-7-15)22(27)26-21(20-5-2-12-29-20)19-11-10-16-3-1-4-18(16)13-19/h2,5-13,21H,1,3-4,14H2,(H,26,27)(H3,24,25,28)/t21-/m0/s1. The molecular formula is C23H23N3O2S. The number of fused-ring (bicyclic) bond motifs is 1. The van der Waals surface area contributed by atoms with E-state index in [1.807, 2.05) is 23.6 Å². The molecule has 2 aromatic carbocycles. The first-order valence-corrected chi connectivity index (χ1v) is 10.6. The zero-order valence-corrected chi connectivity index (χ0v) is 16.8. The second-order valence-corrected chi connectivity index (χ2v) is 8.20. The van der Waals surface area contributed by atoms with E-state index in [1.54, 1.807) is 23.5 Å². The summed E-state index contributed by atoms with van der Waals surface area (Å²) in [6.45, 7) is 0.337. The van der Waals surface area contributed by atoms with Crippen LogP contribution in [-0.2, 0) is 19.4 Å². The summed E-state index contributed by atoms with van der Waals surface area (Å²) in [7, 11) is 0. The summed E-state index contributed by atoms with van der Waals surface area (Å²) in [5.74, 6) is -0.127. The Hall–Kier alpha value is -3.12. The highest BCUT2D eigenvalue weighted by Crippen LogP contribution is 2.30. The second-order valence-electron chi connectivity index (χ2n) is 7.22. The van der Waals surface area contributed by atoms with E-state index in [0.717, 1.165) is 28.8 Å². The van der Waals surface area contributed by atoms with Crippen molar-refractivity contribution in [3.05, 3.63) is 92.7 Å². The average molecular weight is 406 g/mol. The first kappa shape index (κ1) is 19.2. The van der Waals surface area contributed by atoms with Crippen LogP contribution in [0.4, 0.5) is 4.79 Å². The zero-order chi connectivity index (χ0) is 20.2. The van der Waals surface area contributed by atoms with Crippen molar-refractivity contribution in [2.45, 2.75) is 31.8 Å².